The third-order valence-electron chi connectivity index (χ3n) is 5.10. The first-order chi connectivity index (χ1) is 13.1. The van der Waals surface area contributed by atoms with Gasteiger partial charge in [-0.05, 0) is 12.1 Å². The van der Waals surface area contributed by atoms with Gasteiger partial charge in [-0.1, -0.05) is 6.07 Å². The third-order valence-corrected chi connectivity index (χ3v) is 5.10. The Kier molecular flexibility index (Phi) is 5.04. The van der Waals surface area contributed by atoms with Crippen molar-refractivity contribution in [2.45, 2.75) is 6.42 Å². The van der Waals surface area contributed by atoms with Crippen molar-refractivity contribution in [1.82, 2.24) is 20.4 Å². The molecule has 0 saturated carbocycles. The Hall–Kier alpha value is -2.52. The number of halogens is 1. The molecule has 0 bridgehead atoms. The lowest BCUT2D eigenvalue weighted by molar-refractivity contribution is -0.126. The second-order valence-electron chi connectivity index (χ2n) is 6.86. The second-order valence-corrected chi connectivity index (χ2v) is 6.86. The number of aromatic amines is 1. The van der Waals surface area contributed by atoms with Gasteiger partial charge in [-0.3, -0.25) is 24.5 Å². The first-order valence-corrected chi connectivity index (χ1v) is 9.14. The van der Waals surface area contributed by atoms with E-state index in [0.717, 1.165) is 19.6 Å². The van der Waals surface area contributed by atoms with Crippen LogP contribution in [0.1, 0.15) is 6.42 Å². The Bertz CT molecular complexity index is 849. The van der Waals surface area contributed by atoms with Crippen molar-refractivity contribution in [1.29, 1.82) is 0 Å². The van der Waals surface area contributed by atoms with Crippen LogP contribution in [0, 0.1) is 11.7 Å². The van der Waals surface area contributed by atoms with E-state index < -0.39 is 11.7 Å². The number of hydrogen-bond acceptors (Lipinski definition) is 5. The van der Waals surface area contributed by atoms with Gasteiger partial charge in [0.2, 0.25) is 11.8 Å². The smallest absolute Gasteiger partial charge is 0.229 e. The van der Waals surface area contributed by atoms with Gasteiger partial charge >= 0.3 is 0 Å². The van der Waals surface area contributed by atoms with Gasteiger partial charge < -0.3 is 10.1 Å². The summed E-state index contributed by atoms with van der Waals surface area (Å²) in [5.74, 6) is -1.03. The van der Waals surface area contributed by atoms with Crippen LogP contribution in [0.4, 0.5) is 10.2 Å². The molecule has 27 heavy (non-hydrogen) atoms. The number of fused-ring (bicyclic) bond motifs is 1. The van der Waals surface area contributed by atoms with Gasteiger partial charge in [-0.25, -0.2) is 4.39 Å². The molecular weight excluding hydrogens is 353 g/mol. The van der Waals surface area contributed by atoms with Crippen molar-refractivity contribution in [2.75, 3.05) is 50.8 Å². The number of rotatable bonds is 5. The summed E-state index contributed by atoms with van der Waals surface area (Å²) in [6.07, 6.45) is 0.103. The maximum absolute atomic E-state index is 14.2. The number of carbonyl (C=O) groups is 2. The van der Waals surface area contributed by atoms with Crippen LogP contribution < -0.4 is 10.2 Å². The van der Waals surface area contributed by atoms with E-state index in [1.807, 2.05) is 0 Å². The number of H-pyrrole nitrogens is 1. The quantitative estimate of drug-likeness (QED) is 0.794. The Balaban J connectivity index is 1.37. The van der Waals surface area contributed by atoms with Gasteiger partial charge in [0.15, 0.2) is 5.82 Å². The molecule has 1 aromatic carbocycles. The van der Waals surface area contributed by atoms with E-state index in [2.05, 4.69) is 20.4 Å². The normalized spacial score (nSPS) is 21.1. The molecule has 4 rings (SSSR count). The Morgan fingerprint density at radius 2 is 2.19 bits per heavy atom. The number of morpholine rings is 1. The van der Waals surface area contributed by atoms with Gasteiger partial charge in [-0.2, -0.15) is 5.10 Å². The summed E-state index contributed by atoms with van der Waals surface area (Å²) < 4.78 is 19.5. The molecule has 2 amide bonds. The molecule has 2 aliphatic rings. The van der Waals surface area contributed by atoms with Gasteiger partial charge in [0.05, 0.1) is 30.0 Å². The molecule has 9 heteroatoms. The van der Waals surface area contributed by atoms with Gasteiger partial charge in [0.1, 0.15) is 5.82 Å². The number of aromatic nitrogens is 2. The van der Waals surface area contributed by atoms with Crippen molar-refractivity contribution < 1.29 is 18.7 Å². The van der Waals surface area contributed by atoms with Crippen molar-refractivity contribution >= 4 is 28.5 Å². The molecule has 2 aliphatic heterocycles. The molecule has 2 aromatic rings. The highest BCUT2D eigenvalue weighted by atomic mass is 19.1. The second kappa shape index (κ2) is 7.61. The summed E-state index contributed by atoms with van der Waals surface area (Å²) in [6.45, 7) is 4.66. The van der Waals surface area contributed by atoms with Crippen LogP contribution in [0.15, 0.2) is 18.2 Å². The average molecular weight is 375 g/mol. The van der Waals surface area contributed by atoms with Gasteiger partial charge in [0.25, 0.3) is 0 Å². The molecule has 0 spiro atoms. The van der Waals surface area contributed by atoms with Crippen molar-refractivity contribution in [3.63, 3.8) is 0 Å². The largest absolute Gasteiger partial charge is 0.379 e. The molecule has 1 aromatic heterocycles. The highest BCUT2D eigenvalue weighted by molar-refractivity contribution is 6.05. The van der Waals surface area contributed by atoms with Crippen LogP contribution >= 0.6 is 0 Å². The third kappa shape index (κ3) is 3.65. The number of benzene rings is 1. The van der Waals surface area contributed by atoms with E-state index in [9.17, 15) is 14.0 Å². The number of carbonyl (C=O) groups excluding carboxylic acids is 2. The molecular formula is C18H22FN5O3. The molecule has 2 fully saturated rings. The van der Waals surface area contributed by atoms with Crippen LogP contribution in [0.5, 0.6) is 0 Å². The van der Waals surface area contributed by atoms with E-state index in [-0.39, 0.29) is 36.0 Å². The standard InChI is InChI=1S/C18H22FN5O3/c19-13-2-1-3-14-16(13)17(22-21-14)24-11-12(10-15(24)25)18(26)20-4-5-23-6-8-27-9-7-23/h1-3,12H,4-11H2,(H,20,26)(H,21,22). The van der Waals surface area contributed by atoms with E-state index in [1.165, 1.54) is 11.0 Å². The van der Waals surface area contributed by atoms with E-state index >= 15 is 0 Å². The number of nitrogens with one attached hydrogen (secondary N) is 2. The molecule has 1 unspecified atom stereocenters. The highest BCUT2D eigenvalue weighted by Crippen LogP contribution is 2.31. The summed E-state index contributed by atoms with van der Waals surface area (Å²) >= 11 is 0. The average Bonchev–Trinajstić information content (AvgIpc) is 3.27. The van der Waals surface area contributed by atoms with Gasteiger partial charge in [-0.15, -0.1) is 0 Å². The summed E-state index contributed by atoms with van der Waals surface area (Å²) in [5.41, 5.74) is 0.524. The lowest BCUT2D eigenvalue weighted by Crippen LogP contribution is -2.42. The minimum absolute atomic E-state index is 0.103. The van der Waals surface area contributed by atoms with Gasteiger partial charge in [0, 0.05) is 39.1 Å². The van der Waals surface area contributed by atoms with Crippen molar-refractivity contribution in [3.05, 3.63) is 24.0 Å². The van der Waals surface area contributed by atoms with E-state index in [1.54, 1.807) is 12.1 Å². The Labute approximate surface area is 155 Å². The fourth-order valence-electron chi connectivity index (χ4n) is 3.60. The first-order valence-electron chi connectivity index (χ1n) is 9.14. The SMILES string of the molecule is O=C(NCCN1CCOCC1)C1CC(=O)N(c2n[nH]c3cccc(F)c23)C1. The molecule has 3 heterocycles. The molecule has 0 aliphatic carbocycles. The van der Waals surface area contributed by atoms with E-state index in [0.29, 0.717) is 25.3 Å². The summed E-state index contributed by atoms with van der Waals surface area (Å²) in [7, 11) is 0. The lowest BCUT2D eigenvalue weighted by Gasteiger charge is -2.26. The van der Waals surface area contributed by atoms with Crippen LogP contribution in [0.25, 0.3) is 10.9 Å². The fourth-order valence-corrected chi connectivity index (χ4v) is 3.60. The predicted octanol–water partition coefficient (Wildman–Crippen LogP) is 0.503. The molecule has 1 atom stereocenters. The molecule has 2 saturated heterocycles. The zero-order valence-electron chi connectivity index (χ0n) is 14.9. The number of amides is 2. The number of anilines is 1. The monoisotopic (exact) mass is 375 g/mol. The Morgan fingerprint density at radius 1 is 1.37 bits per heavy atom. The first kappa shape index (κ1) is 17.9. The fraction of sp³-hybridized carbons (Fsp3) is 0.500. The van der Waals surface area contributed by atoms with Crippen LogP contribution in [-0.2, 0) is 14.3 Å². The minimum atomic E-state index is -0.458. The predicted molar refractivity (Wildman–Crippen MR) is 96.8 cm³/mol. The molecule has 8 nitrogen and oxygen atoms in total. The van der Waals surface area contributed by atoms with E-state index in [4.69, 9.17) is 4.74 Å². The zero-order valence-corrected chi connectivity index (χ0v) is 14.9. The lowest BCUT2D eigenvalue weighted by atomic mass is 10.1. The summed E-state index contributed by atoms with van der Waals surface area (Å²) in [4.78, 5) is 28.5. The molecule has 0 radical (unpaired) electrons. The van der Waals surface area contributed by atoms with Crippen LogP contribution in [0.3, 0.4) is 0 Å². The number of hydrogen-bond donors (Lipinski definition) is 2. The summed E-state index contributed by atoms with van der Waals surface area (Å²) in [5, 5.41) is 10.0. The minimum Gasteiger partial charge on any atom is -0.379 e. The zero-order chi connectivity index (χ0) is 18.8. The van der Waals surface area contributed by atoms with Crippen LogP contribution in [0.2, 0.25) is 0 Å². The van der Waals surface area contributed by atoms with Crippen LogP contribution in [-0.4, -0.2) is 72.8 Å². The maximum Gasteiger partial charge on any atom is 0.229 e. The van der Waals surface area contributed by atoms with Crippen molar-refractivity contribution in [3.8, 4) is 0 Å². The molecule has 144 valence electrons. The number of nitrogens with zero attached hydrogens (tertiary/aromatic N) is 3. The van der Waals surface area contributed by atoms with Crippen molar-refractivity contribution in [2.24, 2.45) is 5.92 Å². The topological polar surface area (TPSA) is 90.6 Å². The summed E-state index contributed by atoms with van der Waals surface area (Å²) in [6, 6.07) is 4.61. The molecule has 2 N–H and O–H groups in total. The Morgan fingerprint density at radius 3 is 3.00 bits per heavy atom. The maximum atomic E-state index is 14.2. The number of ether oxygens (including phenoxy) is 1. The highest BCUT2D eigenvalue weighted by Gasteiger charge is 2.37.